The van der Waals surface area contributed by atoms with Crippen LogP contribution in [0.25, 0.3) is 0 Å². The second-order valence-corrected chi connectivity index (χ2v) is 4.60. The zero-order valence-electron chi connectivity index (χ0n) is 11.6. The van der Waals surface area contributed by atoms with Crippen LogP contribution in [0.4, 0.5) is 14.6 Å². The molecule has 5 heteroatoms. The van der Waals surface area contributed by atoms with Gasteiger partial charge in [-0.15, -0.1) is 0 Å². The van der Waals surface area contributed by atoms with Crippen molar-refractivity contribution in [3.05, 3.63) is 53.0 Å². The number of nitrogens with one attached hydrogen (secondary N) is 1. The van der Waals surface area contributed by atoms with Gasteiger partial charge in [-0.3, -0.25) is 0 Å². The zero-order valence-corrected chi connectivity index (χ0v) is 11.6. The molecule has 106 valence electrons. The Morgan fingerprint density at radius 3 is 2.40 bits per heavy atom. The van der Waals surface area contributed by atoms with E-state index >= 15 is 0 Å². The minimum absolute atomic E-state index is 0.527. The number of hydrogen-bond donors (Lipinski definition) is 1. The molecule has 1 heterocycles. The van der Waals surface area contributed by atoms with E-state index in [1.807, 2.05) is 19.9 Å². The summed E-state index contributed by atoms with van der Waals surface area (Å²) in [5.41, 5.74) is 1.59. The topological polar surface area (TPSA) is 37.8 Å². The molecule has 0 saturated heterocycles. The molecule has 0 aliphatic heterocycles. The predicted octanol–water partition coefficient (Wildman–Crippen LogP) is 3.28. The maximum atomic E-state index is 13.0. The van der Waals surface area contributed by atoms with Gasteiger partial charge >= 0.3 is 0 Å². The van der Waals surface area contributed by atoms with Gasteiger partial charge in [0.15, 0.2) is 0 Å². The lowest BCUT2D eigenvalue weighted by atomic mass is 10.1. The normalized spacial score (nSPS) is 10.6. The number of aromatic nitrogens is 2. The van der Waals surface area contributed by atoms with Crippen molar-refractivity contribution in [1.29, 1.82) is 0 Å². The van der Waals surface area contributed by atoms with Gasteiger partial charge in [0, 0.05) is 24.4 Å². The molecule has 1 N–H and O–H groups in total. The first kappa shape index (κ1) is 14.4. The lowest BCUT2D eigenvalue weighted by molar-refractivity contribution is 0.580. The van der Waals surface area contributed by atoms with Gasteiger partial charge in [-0.05, 0) is 37.5 Å². The molecular weight excluding hydrogens is 260 g/mol. The van der Waals surface area contributed by atoms with Crippen LogP contribution in [0.2, 0.25) is 0 Å². The molecule has 0 aliphatic carbocycles. The third-order valence-electron chi connectivity index (χ3n) is 2.90. The fourth-order valence-electron chi connectivity index (χ4n) is 1.99. The van der Waals surface area contributed by atoms with Crippen LogP contribution in [0, 0.1) is 18.6 Å². The second-order valence-electron chi connectivity index (χ2n) is 4.60. The summed E-state index contributed by atoms with van der Waals surface area (Å²) < 4.78 is 26.1. The molecule has 0 radical (unpaired) electrons. The van der Waals surface area contributed by atoms with Gasteiger partial charge in [0.1, 0.15) is 23.3 Å². The number of rotatable bonds is 5. The van der Waals surface area contributed by atoms with Gasteiger partial charge in [0.05, 0.1) is 0 Å². The summed E-state index contributed by atoms with van der Waals surface area (Å²) in [7, 11) is 0. The summed E-state index contributed by atoms with van der Waals surface area (Å²) in [6.07, 6.45) is 1.37. The van der Waals surface area contributed by atoms with Gasteiger partial charge in [0.25, 0.3) is 0 Å². The number of nitrogens with zero attached hydrogens (tertiary/aromatic N) is 2. The highest BCUT2D eigenvalue weighted by atomic mass is 19.1. The maximum absolute atomic E-state index is 13.0. The number of aryl methyl sites for hydroxylation is 2. The third kappa shape index (κ3) is 3.98. The largest absolute Gasteiger partial charge is 0.370 e. The lowest BCUT2D eigenvalue weighted by Gasteiger charge is -2.08. The van der Waals surface area contributed by atoms with Crippen LogP contribution in [0.1, 0.15) is 24.0 Å². The van der Waals surface area contributed by atoms with E-state index in [9.17, 15) is 8.78 Å². The van der Waals surface area contributed by atoms with E-state index in [0.29, 0.717) is 24.4 Å². The first-order valence-electron chi connectivity index (χ1n) is 6.60. The van der Waals surface area contributed by atoms with Crippen molar-refractivity contribution in [2.75, 3.05) is 11.9 Å². The van der Waals surface area contributed by atoms with E-state index in [2.05, 4.69) is 15.3 Å². The molecule has 0 unspecified atom stereocenters. The average molecular weight is 277 g/mol. The van der Waals surface area contributed by atoms with E-state index in [4.69, 9.17) is 0 Å². The van der Waals surface area contributed by atoms with E-state index < -0.39 is 11.6 Å². The minimum atomic E-state index is -0.550. The number of hydrogen-bond acceptors (Lipinski definition) is 3. The molecule has 0 atom stereocenters. The molecule has 20 heavy (non-hydrogen) atoms. The Bertz CT molecular complexity index is 579. The molecule has 1 aromatic heterocycles. The summed E-state index contributed by atoms with van der Waals surface area (Å²) in [5.74, 6) is 0.354. The second kappa shape index (κ2) is 6.41. The molecule has 3 nitrogen and oxygen atoms in total. The molecular formula is C15H17F2N3. The summed E-state index contributed by atoms with van der Waals surface area (Å²) in [5, 5.41) is 3.15. The Morgan fingerprint density at radius 2 is 1.75 bits per heavy atom. The van der Waals surface area contributed by atoms with Crippen LogP contribution in [-0.4, -0.2) is 16.5 Å². The lowest BCUT2D eigenvalue weighted by Crippen LogP contribution is -2.08. The molecule has 1 aromatic carbocycles. The summed E-state index contributed by atoms with van der Waals surface area (Å²) >= 11 is 0. The third-order valence-corrected chi connectivity index (χ3v) is 2.90. The van der Waals surface area contributed by atoms with Crippen molar-refractivity contribution in [2.24, 2.45) is 0 Å². The smallest absolute Gasteiger partial charge is 0.129 e. The van der Waals surface area contributed by atoms with Crippen molar-refractivity contribution >= 4 is 5.82 Å². The van der Waals surface area contributed by atoms with E-state index in [1.54, 1.807) is 0 Å². The summed E-state index contributed by atoms with van der Waals surface area (Å²) in [6, 6.07) is 5.44. The maximum Gasteiger partial charge on any atom is 0.129 e. The van der Waals surface area contributed by atoms with Crippen molar-refractivity contribution in [3.8, 4) is 0 Å². The quantitative estimate of drug-likeness (QED) is 0.911. The van der Waals surface area contributed by atoms with Crippen molar-refractivity contribution < 1.29 is 8.78 Å². The number of anilines is 1. The van der Waals surface area contributed by atoms with E-state index in [-0.39, 0.29) is 0 Å². The molecule has 0 aliphatic rings. The fourth-order valence-corrected chi connectivity index (χ4v) is 1.99. The van der Waals surface area contributed by atoms with Crippen molar-refractivity contribution in [2.45, 2.75) is 26.7 Å². The molecule has 2 rings (SSSR count). The Balaban J connectivity index is 1.97. The van der Waals surface area contributed by atoms with Crippen LogP contribution in [0.15, 0.2) is 24.3 Å². The van der Waals surface area contributed by atoms with Crippen molar-refractivity contribution in [3.63, 3.8) is 0 Å². The Kier molecular flexibility index (Phi) is 4.61. The average Bonchev–Trinajstić information content (AvgIpc) is 2.37. The predicted molar refractivity (Wildman–Crippen MR) is 74.7 cm³/mol. The van der Waals surface area contributed by atoms with Crippen LogP contribution < -0.4 is 5.32 Å². The standard InChI is InChI=1S/C15H17F2N3/c1-3-14-9-15(20-10(2)19-14)18-5-4-11-6-12(16)8-13(17)7-11/h6-9H,3-5H2,1-2H3,(H,18,19,20). The van der Waals surface area contributed by atoms with Crippen LogP contribution in [0.5, 0.6) is 0 Å². The van der Waals surface area contributed by atoms with Crippen LogP contribution in [-0.2, 0) is 12.8 Å². The molecule has 0 spiro atoms. The Hall–Kier alpha value is -2.04. The first-order valence-corrected chi connectivity index (χ1v) is 6.60. The van der Waals surface area contributed by atoms with Crippen molar-refractivity contribution in [1.82, 2.24) is 9.97 Å². The van der Waals surface area contributed by atoms with Gasteiger partial charge in [0.2, 0.25) is 0 Å². The summed E-state index contributed by atoms with van der Waals surface area (Å²) in [6.45, 7) is 4.43. The Morgan fingerprint density at radius 1 is 1.05 bits per heavy atom. The molecule has 0 bridgehead atoms. The monoisotopic (exact) mass is 277 g/mol. The molecule has 0 saturated carbocycles. The van der Waals surface area contributed by atoms with Gasteiger partial charge in [-0.25, -0.2) is 18.7 Å². The SMILES string of the molecule is CCc1cc(NCCc2cc(F)cc(F)c2)nc(C)n1. The minimum Gasteiger partial charge on any atom is -0.370 e. The zero-order chi connectivity index (χ0) is 14.5. The molecule has 2 aromatic rings. The van der Waals surface area contributed by atoms with Crippen LogP contribution in [0.3, 0.4) is 0 Å². The highest BCUT2D eigenvalue weighted by molar-refractivity contribution is 5.36. The number of benzene rings is 1. The van der Waals surface area contributed by atoms with Gasteiger partial charge in [-0.1, -0.05) is 6.92 Å². The highest BCUT2D eigenvalue weighted by Gasteiger charge is 2.02. The fraction of sp³-hybridized carbons (Fsp3) is 0.333. The molecule has 0 amide bonds. The molecule has 0 fully saturated rings. The van der Waals surface area contributed by atoms with Gasteiger partial charge in [-0.2, -0.15) is 0 Å². The van der Waals surface area contributed by atoms with E-state index in [0.717, 1.165) is 24.0 Å². The van der Waals surface area contributed by atoms with Gasteiger partial charge < -0.3 is 5.32 Å². The van der Waals surface area contributed by atoms with E-state index in [1.165, 1.54) is 12.1 Å². The van der Waals surface area contributed by atoms with Crippen LogP contribution >= 0.6 is 0 Å². The number of halogens is 2. The Labute approximate surface area is 117 Å². The highest BCUT2D eigenvalue weighted by Crippen LogP contribution is 2.10. The first-order chi connectivity index (χ1) is 9.56. The summed E-state index contributed by atoms with van der Waals surface area (Å²) in [4.78, 5) is 8.57.